The summed E-state index contributed by atoms with van der Waals surface area (Å²) in [6.07, 6.45) is 0. The van der Waals surface area contributed by atoms with E-state index in [-0.39, 0.29) is 11.4 Å². The van der Waals surface area contributed by atoms with Crippen LogP contribution >= 0.6 is 11.6 Å². The van der Waals surface area contributed by atoms with Crippen molar-refractivity contribution in [1.29, 1.82) is 0 Å². The molecule has 3 rings (SSSR count). The second kappa shape index (κ2) is 6.02. The summed E-state index contributed by atoms with van der Waals surface area (Å²) in [4.78, 5) is 22.7. The zero-order valence-corrected chi connectivity index (χ0v) is 12.5. The third-order valence-corrected chi connectivity index (χ3v) is 3.50. The molecule has 0 radical (unpaired) electrons. The number of hydrogen-bond acceptors (Lipinski definition) is 4. The average Bonchev–Trinajstić information content (AvgIpc) is 2.56. The van der Waals surface area contributed by atoms with Gasteiger partial charge in [-0.25, -0.2) is 0 Å². The number of benzene rings is 2. The predicted molar refractivity (Wildman–Crippen MR) is 86.9 cm³/mol. The van der Waals surface area contributed by atoms with Gasteiger partial charge in [-0.1, -0.05) is 35.9 Å². The minimum atomic E-state index is -0.543. The lowest BCUT2D eigenvalue weighted by molar-refractivity contribution is -0.384. The number of aromatic nitrogens is 2. The summed E-state index contributed by atoms with van der Waals surface area (Å²) < 4.78 is 1.03. The Morgan fingerprint density at radius 1 is 1.00 bits per heavy atom. The van der Waals surface area contributed by atoms with Crippen molar-refractivity contribution in [3.05, 3.63) is 86.2 Å². The summed E-state index contributed by atoms with van der Waals surface area (Å²) in [6.45, 7) is 0. The third kappa shape index (κ3) is 2.97. The smallest absolute Gasteiger partial charge is 0.267 e. The van der Waals surface area contributed by atoms with Gasteiger partial charge in [0.2, 0.25) is 0 Å². The van der Waals surface area contributed by atoms with Crippen LogP contribution in [0.5, 0.6) is 0 Å². The molecule has 0 saturated carbocycles. The quantitative estimate of drug-likeness (QED) is 0.545. The summed E-state index contributed by atoms with van der Waals surface area (Å²) in [5, 5.41) is 16.0. The van der Waals surface area contributed by atoms with Crippen molar-refractivity contribution in [2.75, 3.05) is 0 Å². The third-order valence-electron chi connectivity index (χ3n) is 3.25. The van der Waals surface area contributed by atoms with Crippen LogP contribution in [0.3, 0.4) is 0 Å². The Balaban J connectivity index is 2.18. The fourth-order valence-electron chi connectivity index (χ4n) is 2.16. The maximum absolute atomic E-state index is 12.1. The lowest BCUT2D eigenvalue weighted by atomic mass is 10.1. The summed E-state index contributed by atoms with van der Waals surface area (Å²) in [7, 11) is 0. The van der Waals surface area contributed by atoms with E-state index >= 15 is 0 Å². The zero-order valence-electron chi connectivity index (χ0n) is 11.7. The van der Waals surface area contributed by atoms with Crippen LogP contribution in [0.4, 0.5) is 5.69 Å². The summed E-state index contributed by atoms with van der Waals surface area (Å²) >= 11 is 5.86. The fraction of sp³-hybridized carbons (Fsp3) is 0. The van der Waals surface area contributed by atoms with E-state index in [1.54, 1.807) is 36.4 Å². The number of nitro groups is 1. The van der Waals surface area contributed by atoms with Crippen LogP contribution in [-0.4, -0.2) is 14.7 Å². The highest BCUT2D eigenvalue weighted by atomic mass is 35.5. The Bertz CT molecular complexity index is 936. The van der Waals surface area contributed by atoms with Gasteiger partial charge >= 0.3 is 0 Å². The van der Waals surface area contributed by atoms with Crippen LogP contribution in [-0.2, 0) is 0 Å². The SMILES string of the molecule is O=c1ccc(-c2ccc(Cl)cc2)nn1-c1ccccc1[N+](=O)[O-]. The van der Waals surface area contributed by atoms with Crippen LogP contribution in [0, 0.1) is 10.1 Å². The number of nitro benzene ring substituents is 1. The lowest BCUT2D eigenvalue weighted by Crippen LogP contribution is -2.21. The Kier molecular flexibility index (Phi) is 3.91. The Labute approximate surface area is 135 Å². The van der Waals surface area contributed by atoms with Crippen molar-refractivity contribution in [3.8, 4) is 16.9 Å². The van der Waals surface area contributed by atoms with Crippen molar-refractivity contribution in [2.24, 2.45) is 0 Å². The molecule has 23 heavy (non-hydrogen) atoms. The van der Waals surface area contributed by atoms with E-state index in [0.717, 1.165) is 10.2 Å². The molecule has 7 heteroatoms. The van der Waals surface area contributed by atoms with Gasteiger partial charge in [-0.2, -0.15) is 9.78 Å². The molecule has 0 N–H and O–H groups in total. The predicted octanol–water partition coefficient (Wildman–Crippen LogP) is 3.46. The summed E-state index contributed by atoms with van der Waals surface area (Å²) in [5.74, 6) is 0. The number of para-hydroxylation sites is 2. The monoisotopic (exact) mass is 327 g/mol. The second-order valence-corrected chi connectivity index (χ2v) is 5.16. The first kappa shape index (κ1) is 14.9. The molecule has 0 amide bonds. The molecule has 114 valence electrons. The van der Waals surface area contributed by atoms with E-state index in [2.05, 4.69) is 5.10 Å². The van der Waals surface area contributed by atoms with Crippen LogP contribution in [0.2, 0.25) is 5.02 Å². The molecule has 0 unspecified atom stereocenters. The van der Waals surface area contributed by atoms with Crippen molar-refractivity contribution < 1.29 is 4.92 Å². The molecule has 0 saturated heterocycles. The molecule has 0 atom stereocenters. The largest absolute Gasteiger partial charge is 0.295 e. The molecule has 0 aliphatic heterocycles. The van der Waals surface area contributed by atoms with Crippen molar-refractivity contribution >= 4 is 17.3 Å². The van der Waals surface area contributed by atoms with Gasteiger partial charge in [0.1, 0.15) is 5.69 Å². The van der Waals surface area contributed by atoms with Gasteiger partial charge < -0.3 is 0 Å². The number of halogens is 1. The highest BCUT2D eigenvalue weighted by Crippen LogP contribution is 2.22. The van der Waals surface area contributed by atoms with Gasteiger partial charge in [0.25, 0.3) is 11.2 Å². The van der Waals surface area contributed by atoms with E-state index in [4.69, 9.17) is 11.6 Å². The Morgan fingerprint density at radius 3 is 2.39 bits per heavy atom. The molecule has 0 bridgehead atoms. The molecule has 0 fully saturated rings. The highest BCUT2D eigenvalue weighted by molar-refractivity contribution is 6.30. The van der Waals surface area contributed by atoms with Gasteiger partial charge in [-0.3, -0.25) is 14.9 Å². The van der Waals surface area contributed by atoms with Gasteiger partial charge in [0, 0.05) is 22.7 Å². The second-order valence-electron chi connectivity index (χ2n) is 4.72. The standard InChI is InChI=1S/C16H10ClN3O3/c17-12-7-5-11(6-8-12)13-9-10-16(21)19(18-13)14-3-1-2-4-15(14)20(22)23/h1-10H. The molecular weight excluding hydrogens is 318 g/mol. The molecule has 0 aliphatic rings. The normalized spacial score (nSPS) is 10.5. The summed E-state index contributed by atoms with van der Waals surface area (Å²) in [6, 6.07) is 15.8. The van der Waals surface area contributed by atoms with Crippen LogP contribution in [0.15, 0.2) is 65.5 Å². The van der Waals surface area contributed by atoms with E-state index in [9.17, 15) is 14.9 Å². The topological polar surface area (TPSA) is 78.0 Å². The minimum Gasteiger partial charge on any atom is -0.267 e. The van der Waals surface area contributed by atoms with Crippen LogP contribution < -0.4 is 5.56 Å². The average molecular weight is 328 g/mol. The van der Waals surface area contributed by atoms with E-state index in [1.807, 2.05) is 0 Å². The maximum Gasteiger partial charge on any atom is 0.295 e. The van der Waals surface area contributed by atoms with E-state index in [0.29, 0.717) is 10.7 Å². The Hall–Kier alpha value is -2.99. The van der Waals surface area contributed by atoms with Crippen molar-refractivity contribution in [2.45, 2.75) is 0 Å². The van der Waals surface area contributed by atoms with Crippen molar-refractivity contribution in [3.63, 3.8) is 0 Å². The molecular formula is C16H10ClN3O3. The summed E-state index contributed by atoms with van der Waals surface area (Å²) in [5.41, 5.74) is 0.756. The number of rotatable bonds is 3. The molecule has 1 heterocycles. The van der Waals surface area contributed by atoms with Crippen LogP contribution in [0.25, 0.3) is 16.9 Å². The first-order chi connectivity index (χ1) is 11.1. The first-order valence-electron chi connectivity index (χ1n) is 6.66. The van der Waals surface area contributed by atoms with E-state index in [1.165, 1.54) is 24.3 Å². The zero-order chi connectivity index (χ0) is 16.4. The Morgan fingerprint density at radius 2 is 1.70 bits per heavy atom. The van der Waals surface area contributed by atoms with Gasteiger partial charge in [-0.15, -0.1) is 0 Å². The van der Waals surface area contributed by atoms with Gasteiger partial charge in [0.15, 0.2) is 0 Å². The number of hydrogen-bond donors (Lipinski definition) is 0. The molecule has 3 aromatic rings. The molecule has 1 aromatic heterocycles. The van der Waals surface area contributed by atoms with Crippen molar-refractivity contribution in [1.82, 2.24) is 9.78 Å². The lowest BCUT2D eigenvalue weighted by Gasteiger charge is -2.07. The first-order valence-corrected chi connectivity index (χ1v) is 7.04. The maximum atomic E-state index is 12.1. The van der Waals surface area contributed by atoms with E-state index < -0.39 is 10.5 Å². The molecule has 6 nitrogen and oxygen atoms in total. The fourth-order valence-corrected chi connectivity index (χ4v) is 2.28. The molecule has 0 aliphatic carbocycles. The van der Waals surface area contributed by atoms with Gasteiger partial charge in [0.05, 0.1) is 10.6 Å². The minimum absolute atomic E-state index is 0.123. The van der Waals surface area contributed by atoms with Gasteiger partial charge in [-0.05, 0) is 24.3 Å². The molecule has 0 spiro atoms. The molecule has 2 aromatic carbocycles. The highest BCUT2D eigenvalue weighted by Gasteiger charge is 2.16. The number of nitrogens with zero attached hydrogens (tertiary/aromatic N) is 3. The van der Waals surface area contributed by atoms with Crippen LogP contribution in [0.1, 0.15) is 0 Å².